The minimum Gasteiger partial charge on any atom is -0.497 e. The van der Waals surface area contributed by atoms with Crippen LogP contribution in [-0.2, 0) is 13.1 Å². The van der Waals surface area contributed by atoms with Gasteiger partial charge in [-0.1, -0.05) is 31.4 Å². The molecule has 2 aromatic carbocycles. The van der Waals surface area contributed by atoms with Crippen LogP contribution in [0.2, 0.25) is 0 Å². The average molecular weight is 410 g/mol. The lowest BCUT2D eigenvalue weighted by Crippen LogP contribution is -2.31. The summed E-state index contributed by atoms with van der Waals surface area (Å²) in [6.07, 6.45) is 5.96. The normalized spacial score (nSPS) is 14.9. The molecule has 5 nitrogen and oxygen atoms in total. The van der Waals surface area contributed by atoms with Crippen molar-refractivity contribution in [3.05, 3.63) is 65.1 Å². The van der Waals surface area contributed by atoms with Crippen LogP contribution in [0.4, 0.5) is 4.39 Å². The number of carboxylic acid groups (broad SMARTS) is 1. The fourth-order valence-electron chi connectivity index (χ4n) is 4.44. The first-order chi connectivity index (χ1) is 14.6. The topological polar surface area (TPSA) is 63.5 Å². The Morgan fingerprint density at radius 3 is 2.57 bits per heavy atom. The van der Waals surface area contributed by atoms with Crippen molar-refractivity contribution in [1.29, 1.82) is 0 Å². The van der Waals surface area contributed by atoms with Crippen LogP contribution in [0.15, 0.2) is 42.5 Å². The molecule has 0 unspecified atom stereocenters. The summed E-state index contributed by atoms with van der Waals surface area (Å²) >= 11 is 0. The summed E-state index contributed by atoms with van der Waals surface area (Å²) in [4.78, 5) is 12.3. The molecule has 1 saturated carbocycles. The Bertz CT molecular complexity index is 1040. The number of carboxylic acids is 1. The Hall–Kier alpha value is -2.86. The molecule has 0 bridgehead atoms. The second-order valence-electron chi connectivity index (χ2n) is 7.94. The number of fused-ring (bicyclic) bond motifs is 1. The molecule has 3 aromatic rings. The molecule has 1 heterocycles. The number of nitrogens with zero attached hydrogens (tertiary/aromatic N) is 1. The molecule has 0 radical (unpaired) electrons. The van der Waals surface area contributed by atoms with Crippen molar-refractivity contribution in [2.45, 2.75) is 51.2 Å². The standard InChI is InChI=1S/C24H27FN2O3/c1-30-19-11-12-20-21(14-26-18-5-3-2-4-6-18)23(24(28)29)27(22(20)13-19)15-16-7-9-17(25)10-8-16/h7-13,18,26H,2-6,14-15H2,1H3,(H,28,29). The molecule has 0 amide bonds. The number of aromatic nitrogens is 1. The predicted octanol–water partition coefficient (Wildman–Crippen LogP) is 4.96. The number of methoxy groups -OCH3 is 1. The van der Waals surface area contributed by atoms with Gasteiger partial charge in [0.1, 0.15) is 17.3 Å². The molecule has 1 fully saturated rings. The third kappa shape index (κ3) is 4.19. The maximum Gasteiger partial charge on any atom is 0.352 e. The minimum atomic E-state index is -0.965. The number of carbonyl (C=O) groups is 1. The average Bonchev–Trinajstić information content (AvgIpc) is 3.07. The third-order valence-electron chi connectivity index (χ3n) is 6.01. The Morgan fingerprint density at radius 1 is 1.17 bits per heavy atom. The van der Waals surface area contributed by atoms with Crippen LogP contribution in [0.5, 0.6) is 5.75 Å². The van der Waals surface area contributed by atoms with Crippen molar-refractivity contribution < 1.29 is 19.0 Å². The lowest BCUT2D eigenvalue weighted by molar-refractivity contribution is 0.0684. The highest BCUT2D eigenvalue weighted by Crippen LogP contribution is 2.31. The van der Waals surface area contributed by atoms with Crippen LogP contribution in [-0.4, -0.2) is 28.8 Å². The number of benzene rings is 2. The fraction of sp³-hybridized carbons (Fsp3) is 0.375. The molecular formula is C24H27FN2O3. The molecule has 2 N–H and O–H groups in total. The molecule has 0 spiro atoms. The molecule has 4 rings (SSSR count). The van der Waals surface area contributed by atoms with Gasteiger partial charge in [0.15, 0.2) is 0 Å². The first-order valence-corrected chi connectivity index (χ1v) is 10.5. The van der Waals surface area contributed by atoms with E-state index in [9.17, 15) is 14.3 Å². The zero-order valence-corrected chi connectivity index (χ0v) is 17.2. The summed E-state index contributed by atoms with van der Waals surface area (Å²) in [6.45, 7) is 0.848. The van der Waals surface area contributed by atoms with E-state index in [0.29, 0.717) is 24.9 Å². The van der Waals surface area contributed by atoms with Gasteiger partial charge in [0, 0.05) is 36.1 Å². The molecule has 1 aliphatic rings. The van der Waals surface area contributed by atoms with E-state index in [1.54, 1.807) is 23.8 Å². The van der Waals surface area contributed by atoms with E-state index in [1.807, 2.05) is 18.2 Å². The third-order valence-corrected chi connectivity index (χ3v) is 6.01. The lowest BCUT2D eigenvalue weighted by atomic mass is 9.95. The zero-order valence-electron chi connectivity index (χ0n) is 17.2. The summed E-state index contributed by atoms with van der Waals surface area (Å²) in [5.74, 6) is -0.606. The molecule has 6 heteroatoms. The molecule has 30 heavy (non-hydrogen) atoms. The van der Waals surface area contributed by atoms with E-state index in [4.69, 9.17) is 4.74 Å². The van der Waals surface area contributed by atoms with E-state index in [-0.39, 0.29) is 11.5 Å². The summed E-state index contributed by atoms with van der Waals surface area (Å²) in [5.41, 5.74) is 2.70. The number of ether oxygens (including phenoxy) is 1. The van der Waals surface area contributed by atoms with Gasteiger partial charge < -0.3 is 19.7 Å². The smallest absolute Gasteiger partial charge is 0.352 e. The fourth-order valence-corrected chi connectivity index (χ4v) is 4.44. The van der Waals surface area contributed by atoms with Gasteiger partial charge in [0.05, 0.1) is 12.6 Å². The first kappa shape index (κ1) is 20.4. The van der Waals surface area contributed by atoms with Crippen LogP contribution in [0.1, 0.15) is 53.7 Å². The molecule has 158 valence electrons. The van der Waals surface area contributed by atoms with Crippen LogP contribution >= 0.6 is 0 Å². The van der Waals surface area contributed by atoms with E-state index in [1.165, 1.54) is 31.4 Å². The molecule has 0 aliphatic heterocycles. The number of hydrogen-bond acceptors (Lipinski definition) is 3. The molecule has 1 aliphatic carbocycles. The van der Waals surface area contributed by atoms with Crippen molar-refractivity contribution in [3.63, 3.8) is 0 Å². The van der Waals surface area contributed by atoms with Crippen molar-refractivity contribution in [2.24, 2.45) is 0 Å². The highest BCUT2D eigenvalue weighted by atomic mass is 19.1. The van der Waals surface area contributed by atoms with Crippen molar-refractivity contribution >= 4 is 16.9 Å². The van der Waals surface area contributed by atoms with E-state index < -0.39 is 5.97 Å². The number of halogens is 1. The lowest BCUT2D eigenvalue weighted by Gasteiger charge is -2.23. The summed E-state index contributed by atoms with van der Waals surface area (Å²) in [5, 5.41) is 14.6. The van der Waals surface area contributed by atoms with Crippen LogP contribution in [0, 0.1) is 5.82 Å². The van der Waals surface area contributed by atoms with Gasteiger partial charge in [-0.15, -0.1) is 0 Å². The zero-order chi connectivity index (χ0) is 21.1. The van der Waals surface area contributed by atoms with Gasteiger partial charge in [-0.3, -0.25) is 0 Å². The highest BCUT2D eigenvalue weighted by molar-refractivity contribution is 5.98. The van der Waals surface area contributed by atoms with Crippen LogP contribution < -0.4 is 10.1 Å². The maximum atomic E-state index is 13.3. The van der Waals surface area contributed by atoms with Gasteiger partial charge in [-0.05, 0) is 42.7 Å². The number of rotatable bonds is 7. The van der Waals surface area contributed by atoms with Gasteiger partial charge in [-0.25, -0.2) is 9.18 Å². The number of nitrogens with one attached hydrogen (secondary N) is 1. The molecule has 0 saturated heterocycles. The molecule has 0 atom stereocenters. The number of hydrogen-bond donors (Lipinski definition) is 2. The molecular weight excluding hydrogens is 383 g/mol. The Morgan fingerprint density at radius 2 is 1.90 bits per heavy atom. The van der Waals surface area contributed by atoms with Crippen molar-refractivity contribution in [3.8, 4) is 5.75 Å². The van der Waals surface area contributed by atoms with E-state index in [2.05, 4.69) is 5.32 Å². The SMILES string of the molecule is COc1ccc2c(CNC3CCCCC3)c(C(=O)O)n(Cc3ccc(F)cc3)c2c1. The van der Waals surface area contributed by atoms with E-state index in [0.717, 1.165) is 34.9 Å². The van der Waals surface area contributed by atoms with Crippen LogP contribution in [0.25, 0.3) is 10.9 Å². The quantitative estimate of drug-likeness (QED) is 0.578. The van der Waals surface area contributed by atoms with E-state index >= 15 is 0 Å². The first-order valence-electron chi connectivity index (χ1n) is 10.5. The van der Waals surface area contributed by atoms with Gasteiger partial charge in [0.2, 0.25) is 0 Å². The summed E-state index contributed by atoms with van der Waals surface area (Å²) in [7, 11) is 1.60. The highest BCUT2D eigenvalue weighted by Gasteiger charge is 2.24. The molecule has 1 aromatic heterocycles. The van der Waals surface area contributed by atoms with Crippen molar-refractivity contribution in [1.82, 2.24) is 9.88 Å². The van der Waals surface area contributed by atoms with Gasteiger partial charge >= 0.3 is 5.97 Å². The Kier molecular flexibility index (Phi) is 6.04. The Labute approximate surface area is 175 Å². The predicted molar refractivity (Wildman–Crippen MR) is 115 cm³/mol. The summed E-state index contributed by atoms with van der Waals surface area (Å²) in [6, 6.07) is 12.3. The Balaban J connectivity index is 1.77. The maximum absolute atomic E-state index is 13.3. The minimum absolute atomic E-state index is 0.269. The van der Waals surface area contributed by atoms with Crippen molar-refractivity contribution in [2.75, 3.05) is 7.11 Å². The van der Waals surface area contributed by atoms with Gasteiger partial charge in [0.25, 0.3) is 0 Å². The second kappa shape index (κ2) is 8.88. The monoisotopic (exact) mass is 410 g/mol. The largest absolute Gasteiger partial charge is 0.497 e. The second-order valence-corrected chi connectivity index (χ2v) is 7.94. The number of aromatic carboxylic acids is 1. The van der Waals surface area contributed by atoms with Gasteiger partial charge in [-0.2, -0.15) is 0 Å². The summed E-state index contributed by atoms with van der Waals surface area (Å²) < 4.78 is 20.5. The van der Waals surface area contributed by atoms with Crippen LogP contribution in [0.3, 0.4) is 0 Å².